The molecule has 0 atom stereocenters. The standard InChI is InChI=1S/C5H10OS/c1-5(4-6)2-3-7/h2,6-7H,3-4H2,1H3. The van der Waals surface area contributed by atoms with Gasteiger partial charge in [0.05, 0.1) is 6.61 Å². The van der Waals surface area contributed by atoms with Crippen molar-refractivity contribution in [3.8, 4) is 0 Å². The van der Waals surface area contributed by atoms with Gasteiger partial charge in [-0.15, -0.1) is 0 Å². The van der Waals surface area contributed by atoms with Crippen molar-refractivity contribution in [2.75, 3.05) is 12.4 Å². The van der Waals surface area contributed by atoms with E-state index in [1.54, 1.807) is 0 Å². The van der Waals surface area contributed by atoms with Crippen LogP contribution in [0.25, 0.3) is 0 Å². The first-order valence-corrected chi connectivity index (χ1v) is 2.82. The molecule has 0 aliphatic rings. The summed E-state index contributed by atoms with van der Waals surface area (Å²) in [4.78, 5) is 0. The van der Waals surface area contributed by atoms with Crippen molar-refractivity contribution < 1.29 is 5.11 Å². The van der Waals surface area contributed by atoms with Gasteiger partial charge in [0.15, 0.2) is 0 Å². The number of hydrogen-bond acceptors (Lipinski definition) is 2. The van der Waals surface area contributed by atoms with E-state index in [9.17, 15) is 0 Å². The van der Waals surface area contributed by atoms with Crippen molar-refractivity contribution in [2.45, 2.75) is 6.92 Å². The van der Waals surface area contributed by atoms with Crippen molar-refractivity contribution in [1.29, 1.82) is 0 Å². The molecule has 0 amide bonds. The highest BCUT2D eigenvalue weighted by Crippen LogP contribution is 1.88. The van der Waals surface area contributed by atoms with Gasteiger partial charge in [-0.3, -0.25) is 0 Å². The van der Waals surface area contributed by atoms with E-state index in [-0.39, 0.29) is 6.61 Å². The molecule has 0 unspecified atom stereocenters. The maximum atomic E-state index is 8.36. The Hall–Kier alpha value is 0.0500. The maximum Gasteiger partial charge on any atom is 0.0639 e. The molecular weight excluding hydrogens is 108 g/mol. The first kappa shape index (κ1) is 7.05. The van der Waals surface area contributed by atoms with E-state index < -0.39 is 0 Å². The SMILES string of the molecule is CC(=CCS)CO. The van der Waals surface area contributed by atoms with Gasteiger partial charge in [-0.1, -0.05) is 11.6 Å². The van der Waals surface area contributed by atoms with Crippen molar-refractivity contribution >= 4 is 12.6 Å². The second kappa shape index (κ2) is 4.22. The van der Waals surface area contributed by atoms with Gasteiger partial charge < -0.3 is 5.11 Å². The van der Waals surface area contributed by atoms with Crippen LogP contribution in [0.1, 0.15) is 6.92 Å². The van der Waals surface area contributed by atoms with Crippen LogP contribution < -0.4 is 0 Å². The summed E-state index contributed by atoms with van der Waals surface area (Å²) in [5, 5.41) is 8.36. The molecule has 0 bridgehead atoms. The molecule has 0 radical (unpaired) electrons. The molecule has 0 saturated heterocycles. The highest BCUT2D eigenvalue weighted by molar-refractivity contribution is 7.80. The minimum Gasteiger partial charge on any atom is -0.392 e. The van der Waals surface area contributed by atoms with E-state index in [0.717, 1.165) is 5.57 Å². The van der Waals surface area contributed by atoms with Gasteiger partial charge in [0.1, 0.15) is 0 Å². The molecule has 7 heavy (non-hydrogen) atoms. The molecule has 0 spiro atoms. The molecule has 0 aromatic carbocycles. The largest absolute Gasteiger partial charge is 0.392 e. The van der Waals surface area contributed by atoms with Crippen molar-refractivity contribution in [3.63, 3.8) is 0 Å². The fraction of sp³-hybridized carbons (Fsp3) is 0.600. The summed E-state index contributed by atoms with van der Waals surface area (Å²) in [6.45, 7) is 2.02. The molecule has 1 N–H and O–H groups in total. The van der Waals surface area contributed by atoms with Crippen LogP contribution >= 0.6 is 12.6 Å². The van der Waals surface area contributed by atoms with Crippen LogP contribution in [-0.2, 0) is 0 Å². The fourth-order valence-corrected chi connectivity index (χ4v) is 0.532. The number of hydrogen-bond donors (Lipinski definition) is 2. The van der Waals surface area contributed by atoms with Gasteiger partial charge in [-0.25, -0.2) is 0 Å². The molecule has 2 heteroatoms. The summed E-state index contributed by atoms with van der Waals surface area (Å²) in [6, 6.07) is 0. The molecule has 0 aromatic heterocycles. The topological polar surface area (TPSA) is 20.2 Å². The lowest BCUT2D eigenvalue weighted by Crippen LogP contribution is -1.82. The normalized spacial score (nSPS) is 12.1. The predicted molar refractivity (Wildman–Crippen MR) is 34.7 cm³/mol. The van der Waals surface area contributed by atoms with E-state index in [0.29, 0.717) is 5.75 Å². The van der Waals surface area contributed by atoms with Gasteiger partial charge in [0.25, 0.3) is 0 Å². The summed E-state index contributed by atoms with van der Waals surface area (Å²) >= 11 is 3.93. The average molecular weight is 118 g/mol. The lowest BCUT2D eigenvalue weighted by atomic mass is 10.3. The van der Waals surface area contributed by atoms with E-state index in [1.807, 2.05) is 13.0 Å². The van der Waals surface area contributed by atoms with Crippen LogP contribution in [0.2, 0.25) is 0 Å². The van der Waals surface area contributed by atoms with Crippen molar-refractivity contribution in [2.24, 2.45) is 0 Å². The zero-order valence-corrected chi connectivity index (χ0v) is 5.28. The van der Waals surface area contributed by atoms with Crippen LogP contribution in [0.15, 0.2) is 11.6 Å². The Kier molecular flexibility index (Phi) is 4.25. The number of thiol groups is 1. The van der Waals surface area contributed by atoms with Crippen LogP contribution in [0.5, 0.6) is 0 Å². The second-order valence-corrected chi connectivity index (χ2v) is 1.76. The van der Waals surface area contributed by atoms with Gasteiger partial charge in [0.2, 0.25) is 0 Å². The third-order valence-electron chi connectivity index (χ3n) is 0.689. The Labute approximate surface area is 49.5 Å². The van der Waals surface area contributed by atoms with Gasteiger partial charge >= 0.3 is 0 Å². The fourth-order valence-electron chi connectivity index (χ4n) is 0.220. The van der Waals surface area contributed by atoms with E-state index in [2.05, 4.69) is 12.6 Å². The van der Waals surface area contributed by atoms with Gasteiger partial charge in [-0.05, 0) is 6.92 Å². The predicted octanol–water partition coefficient (Wildman–Crippen LogP) is 0.855. The molecule has 0 rings (SSSR count). The first-order valence-electron chi connectivity index (χ1n) is 2.18. The van der Waals surface area contributed by atoms with Crippen LogP contribution in [-0.4, -0.2) is 17.5 Å². The summed E-state index contributed by atoms with van der Waals surface area (Å²) in [5.74, 6) is 0.715. The minimum atomic E-state index is 0.153. The third kappa shape index (κ3) is 3.89. The number of aliphatic hydroxyl groups excluding tert-OH is 1. The van der Waals surface area contributed by atoms with Gasteiger partial charge in [0, 0.05) is 5.75 Å². The highest BCUT2D eigenvalue weighted by Gasteiger charge is 1.78. The summed E-state index contributed by atoms with van der Waals surface area (Å²) < 4.78 is 0. The van der Waals surface area contributed by atoms with E-state index >= 15 is 0 Å². The molecular formula is C5H10OS. The molecule has 0 aliphatic carbocycles. The lowest BCUT2D eigenvalue weighted by molar-refractivity contribution is 0.331. The summed E-state index contributed by atoms with van der Waals surface area (Å²) in [5.41, 5.74) is 0.981. The van der Waals surface area contributed by atoms with Crippen molar-refractivity contribution in [3.05, 3.63) is 11.6 Å². The molecule has 42 valence electrons. The van der Waals surface area contributed by atoms with Crippen LogP contribution in [0.3, 0.4) is 0 Å². The van der Waals surface area contributed by atoms with E-state index in [1.165, 1.54) is 0 Å². The van der Waals surface area contributed by atoms with Crippen LogP contribution in [0.4, 0.5) is 0 Å². The third-order valence-corrected chi connectivity index (χ3v) is 0.872. The maximum absolute atomic E-state index is 8.36. The Morgan fingerprint density at radius 1 is 1.86 bits per heavy atom. The zero-order chi connectivity index (χ0) is 5.70. The minimum absolute atomic E-state index is 0.153. The highest BCUT2D eigenvalue weighted by atomic mass is 32.1. The number of aliphatic hydroxyl groups is 1. The summed E-state index contributed by atoms with van der Waals surface area (Å²) in [7, 11) is 0. The quantitative estimate of drug-likeness (QED) is 0.407. The Balaban J connectivity index is 3.29. The Morgan fingerprint density at radius 2 is 2.43 bits per heavy atom. The molecule has 0 saturated carbocycles. The Bertz CT molecular complexity index is 68.5. The van der Waals surface area contributed by atoms with Crippen molar-refractivity contribution in [1.82, 2.24) is 0 Å². The summed E-state index contributed by atoms with van der Waals surface area (Å²) in [6.07, 6.45) is 1.88. The molecule has 0 aromatic rings. The Morgan fingerprint density at radius 3 is 2.57 bits per heavy atom. The molecule has 0 heterocycles. The van der Waals surface area contributed by atoms with E-state index in [4.69, 9.17) is 5.11 Å². The van der Waals surface area contributed by atoms with Gasteiger partial charge in [-0.2, -0.15) is 12.6 Å². The molecule has 0 fully saturated rings. The number of rotatable bonds is 2. The zero-order valence-electron chi connectivity index (χ0n) is 4.39. The molecule has 1 nitrogen and oxygen atoms in total. The lowest BCUT2D eigenvalue weighted by Gasteiger charge is -1.87. The first-order chi connectivity index (χ1) is 3.31. The van der Waals surface area contributed by atoms with Crippen LogP contribution in [0, 0.1) is 0 Å². The average Bonchev–Trinajstić information content (AvgIpc) is 1.68. The smallest absolute Gasteiger partial charge is 0.0639 e. The second-order valence-electron chi connectivity index (χ2n) is 1.39. The molecule has 0 aliphatic heterocycles. The monoisotopic (exact) mass is 118 g/mol.